The van der Waals surface area contributed by atoms with E-state index in [1.807, 2.05) is 67.8 Å². The Bertz CT molecular complexity index is 1830. The monoisotopic (exact) mass is 579 g/mol. The summed E-state index contributed by atoms with van der Waals surface area (Å²) in [6.07, 6.45) is 1.88. The molecular formula is C30H27Cl2N3O3S. The van der Waals surface area contributed by atoms with Crippen molar-refractivity contribution in [3.8, 4) is 5.69 Å². The number of rotatable bonds is 5. The Morgan fingerprint density at radius 1 is 1.08 bits per heavy atom. The Hall–Kier alpha value is -3.39. The van der Waals surface area contributed by atoms with Crippen LogP contribution in [0, 0.1) is 20.8 Å². The minimum atomic E-state index is -0.636. The van der Waals surface area contributed by atoms with E-state index in [1.54, 1.807) is 30.5 Å². The third kappa shape index (κ3) is 4.91. The highest BCUT2D eigenvalue weighted by atomic mass is 35.5. The van der Waals surface area contributed by atoms with Crippen LogP contribution in [0.5, 0.6) is 0 Å². The number of hydrogen-bond acceptors (Lipinski definition) is 5. The average Bonchev–Trinajstić information content (AvgIpc) is 3.33. The highest BCUT2D eigenvalue weighted by Crippen LogP contribution is 2.31. The standard InChI is InChI=1S/C30H27Cl2N3O3S/c1-6-38-29(37)26-18(4)33-30-35(27(26)20-9-7-16(2)8-10-20)28(36)25(39-30)14-21-13-17(3)34(19(21)5)24-12-11-22(31)15-23(24)32/h7-15,27H,6H2,1-5H3/b25-14-/t27-/m0/s1. The van der Waals surface area contributed by atoms with Crippen LogP contribution in [0.15, 0.2) is 69.6 Å². The van der Waals surface area contributed by atoms with E-state index in [0.29, 0.717) is 30.6 Å². The number of thiazole rings is 1. The highest BCUT2D eigenvalue weighted by molar-refractivity contribution is 7.07. The van der Waals surface area contributed by atoms with Crippen molar-refractivity contribution in [3.63, 3.8) is 0 Å². The molecule has 0 spiro atoms. The summed E-state index contributed by atoms with van der Waals surface area (Å²) in [4.78, 5) is 32.2. The molecule has 4 aromatic rings. The minimum absolute atomic E-state index is 0.215. The molecule has 0 saturated heterocycles. The van der Waals surface area contributed by atoms with Gasteiger partial charge in [0, 0.05) is 16.4 Å². The molecule has 1 aliphatic heterocycles. The van der Waals surface area contributed by atoms with Gasteiger partial charge in [-0.25, -0.2) is 9.79 Å². The van der Waals surface area contributed by atoms with Crippen molar-refractivity contribution in [1.29, 1.82) is 0 Å². The topological polar surface area (TPSA) is 65.6 Å². The number of carbonyl (C=O) groups excluding carboxylic acids is 1. The molecule has 1 atom stereocenters. The van der Waals surface area contributed by atoms with Crippen molar-refractivity contribution in [2.24, 2.45) is 4.99 Å². The van der Waals surface area contributed by atoms with E-state index >= 15 is 0 Å². The number of nitrogens with zero attached hydrogens (tertiary/aromatic N) is 3. The van der Waals surface area contributed by atoms with Crippen molar-refractivity contribution in [2.75, 3.05) is 6.61 Å². The summed E-state index contributed by atoms with van der Waals surface area (Å²) in [5, 5.41) is 1.10. The molecule has 6 nitrogen and oxygen atoms in total. The fourth-order valence-corrected chi connectivity index (χ4v) is 6.49. The van der Waals surface area contributed by atoms with Gasteiger partial charge < -0.3 is 9.30 Å². The zero-order chi connectivity index (χ0) is 28.0. The van der Waals surface area contributed by atoms with Gasteiger partial charge in [0.15, 0.2) is 4.80 Å². The Morgan fingerprint density at radius 3 is 2.46 bits per heavy atom. The second-order valence-electron chi connectivity index (χ2n) is 9.47. The number of halogens is 2. The number of ether oxygens (including phenoxy) is 1. The Kier molecular flexibility index (Phi) is 7.42. The van der Waals surface area contributed by atoms with Crippen LogP contribution in [0.1, 0.15) is 48.0 Å². The zero-order valence-electron chi connectivity index (χ0n) is 22.2. The largest absolute Gasteiger partial charge is 0.463 e. The molecule has 0 bridgehead atoms. The first-order chi connectivity index (χ1) is 18.6. The second kappa shape index (κ2) is 10.6. The van der Waals surface area contributed by atoms with Crippen molar-refractivity contribution in [1.82, 2.24) is 9.13 Å². The Balaban J connectivity index is 1.69. The maximum Gasteiger partial charge on any atom is 0.338 e. The Morgan fingerprint density at radius 2 is 1.79 bits per heavy atom. The van der Waals surface area contributed by atoms with E-state index in [4.69, 9.17) is 27.9 Å². The summed E-state index contributed by atoms with van der Waals surface area (Å²) in [5.74, 6) is -0.470. The zero-order valence-corrected chi connectivity index (χ0v) is 24.5. The molecule has 39 heavy (non-hydrogen) atoms. The summed E-state index contributed by atoms with van der Waals surface area (Å²) >= 11 is 13.9. The molecule has 9 heteroatoms. The number of fused-ring (bicyclic) bond motifs is 1. The SMILES string of the molecule is CCOC(=O)C1=C(C)N=c2s/c(=C\c3cc(C)n(-c4ccc(Cl)cc4Cl)c3C)c(=O)n2[C@H]1c1ccc(C)cc1. The third-order valence-electron chi connectivity index (χ3n) is 6.82. The number of benzene rings is 2. The van der Waals surface area contributed by atoms with Crippen molar-refractivity contribution in [2.45, 2.75) is 40.7 Å². The van der Waals surface area contributed by atoms with Crippen LogP contribution in [-0.4, -0.2) is 21.7 Å². The number of aromatic nitrogens is 2. The van der Waals surface area contributed by atoms with Gasteiger partial charge in [-0.15, -0.1) is 0 Å². The first-order valence-corrected chi connectivity index (χ1v) is 14.1. The van der Waals surface area contributed by atoms with Gasteiger partial charge in [-0.1, -0.05) is 64.4 Å². The first kappa shape index (κ1) is 27.2. The van der Waals surface area contributed by atoms with Gasteiger partial charge in [0.1, 0.15) is 0 Å². The summed E-state index contributed by atoms with van der Waals surface area (Å²) in [6, 6.07) is 14.6. The lowest BCUT2D eigenvalue weighted by Crippen LogP contribution is -2.39. The summed E-state index contributed by atoms with van der Waals surface area (Å²) in [7, 11) is 0. The predicted octanol–water partition coefficient (Wildman–Crippen LogP) is 5.82. The molecule has 0 saturated carbocycles. The molecule has 0 unspecified atom stereocenters. The van der Waals surface area contributed by atoms with Crippen LogP contribution in [0.4, 0.5) is 0 Å². The molecule has 1 aliphatic rings. The van der Waals surface area contributed by atoms with Gasteiger partial charge in [-0.2, -0.15) is 0 Å². The smallest absolute Gasteiger partial charge is 0.338 e. The molecule has 2 aromatic carbocycles. The lowest BCUT2D eigenvalue weighted by molar-refractivity contribution is -0.139. The van der Waals surface area contributed by atoms with Crippen LogP contribution in [-0.2, 0) is 9.53 Å². The maximum atomic E-state index is 13.9. The van der Waals surface area contributed by atoms with Crippen LogP contribution >= 0.6 is 34.5 Å². The van der Waals surface area contributed by atoms with Crippen LogP contribution in [0.25, 0.3) is 11.8 Å². The van der Waals surface area contributed by atoms with E-state index in [2.05, 4.69) is 4.99 Å². The van der Waals surface area contributed by atoms with E-state index in [1.165, 1.54) is 11.3 Å². The highest BCUT2D eigenvalue weighted by Gasteiger charge is 2.33. The van der Waals surface area contributed by atoms with E-state index < -0.39 is 12.0 Å². The molecule has 0 radical (unpaired) electrons. The lowest BCUT2D eigenvalue weighted by atomic mass is 9.95. The number of aryl methyl sites for hydroxylation is 2. The van der Waals surface area contributed by atoms with Crippen LogP contribution in [0.2, 0.25) is 10.0 Å². The van der Waals surface area contributed by atoms with E-state index in [9.17, 15) is 9.59 Å². The second-order valence-corrected chi connectivity index (χ2v) is 11.3. The molecule has 3 heterocycles. The van der Waals surface area contributed by atoms with Crippen LogP contribution in [0.3, 0.4) is 0 Å². The maximum absolute atomic E-state index is 13.9. The van der Waals surface area contributed by atoms with Gasteiger partial charge in [-0.3, -0.25) is 9.36 Å². The number of esters is 1. The van der Waals surface area contributed by atoms with Gasteiger partial charge >= 0.3 is 5.97 Å². The van der Waals surface area contributed by atoms with E-state index in [0.717, 1.165) is 33.8 Å². The van der Waals surface area contributed by atoms with Crippen molar-refractivity contribution in [3.05, 3.63) is 118 Å². The van der Waals surface area contributed by atoms with Gasteiger partial charge in [0.2, 0.25) is 0 Å². The number of carbonyl (C=O) groups is 1. The lowest BCUT2D eigenvalue weighted by Gasteiger charge is -2.24. The summed E-state index contributed by atoms with van der Waals surface area (Å²) in [6.45, 7) is 9.75. The first-order valence-electron chi connectivity index (χ1n) is 12.5. The normalized spacial score (nSPS) is 15.4. The van der Waals surface area contributed by atoms with Crippen LogP contribution < -0.4 is 14.9 Å². The molecule has 0 amide bonds. The van der Waals surface area contributed by atoms with Gasteiger partial charge in [0.25, 0.3) is 5.56 Å². The van der Waals surface area contributed by atoms with E-state index in [-0.39, 0.29) is 12.2 Å². The molecule has 200 valence electrons. The van der Waals surface area contributed by atoms with Gasteiger partial charge in [-0.05, 0) is 76.1 Å². The summed E-state index contributed by atoms with van der Waals surface area (Å²) in [5.41, 5.74) is 6.20. The Labute approximate surface area is 240 Å². The molecule has 0 N–H and O–H groups in total. The fourth-order valence-electron chi connectivity index (χ4n) is 4.96. The quantitative estimate of drug-likeness (QED) is 0.280. The molecule has 0 aliphatic carbocycles. The van der Waals surface area contributed by atoms with Gasteiger partial charge in [0.05, 0.1) is 39.2 Å². The minimum Gasteiger partial charge on any atom is -0.463 e. The fraction of sp³-hybridized carbons (Fsp3) is 0.233. The predicted molar refractivity (Wildman–Crippen MR) is 157 cm³/mol. The number of hydrogen-bond donors (Lipinski definition) is 0. The van der Waals surface area contributed by atoms with Crippen molar-refractivity contribution < 1.29 is 9.53 Å². The molecule has 2 aromatic heterocycles. The third-order valence-corrected chi connectivity index (χ3v) is 8.34. The molecule has 0 fully saturated rings. The molecule has 5 rings (SSSR count). The average molecular weight is 581 g/mol. The molecular weight excluding hydrogens is 553 g/mol. The summed E-state index contributed by atoms with van der Waals surface area (Å²) < 4.78 is 9.54. The van der Waals surface area contributed by atoms with Crippen molar-refractivity contribution >= 4 is 46.6 Å². The number of allylic oxidation sites excluding steroid dienone is 1.